The van der Waals surface area contributed by atoms with E-state index in [1.165, 1.54) is 5.56 Å². The maximum absolute atomic E-state index is 4.30. The van der Waals surface area contributed by atoms with Crippen LogP contribution >= 0.6 is 0 Å². The molecule has 1 atom stereocenters. The molecule has 2 nitrogen and oxygen atoms in total. The van der Waals surface area contributed by atoms with Crippen molar-refractivity contribution < 1.29 is 0 Å². The number of allylic oxidation sites excluding steroid dienone is 4. The molecule has 1 heterocycles. The summed E-state index contributed by atoms with van der Waals surface area (Å²) >= 11 is 0. The third-order valence-corrected chi connectivity index (χ3v) is 3.01. The summed E-state index contributed by atoms with van der Waals surface area (Å²) in [5.41, 5.74) is 3.21. The second kappa shape index (κ2) is 8.92. The highest BCUT2D eigenvalue weighted by Gasteiger charge is 2.14. The second-order valence-electron chi connectivity index (χ2n) is 4.63. The zero-order valence-corrected chi connectivity index (χ0v) is 12.6. The van der Waals surface area contributed by atoms with Crippen LogP contribution in [0.1, 0.15) is 26.3 Å². The van der Waals surface area contributed by atoms with Gasteiger partial charge in [0.1, 0.15) is 0 Å². The first-order chi connectivity index (χ1) is 9.69. The molecule has 1 N–H and O–H groups in total. The molecule has 0 spiro atoms. The van der Waals surface area contributed by atoms with Gasteiger partial charge in [-0.25, -0.2) is 0 Å². The zero-order chi connectivity index (χ0) is 14.8. The summed E-state index contributed by atoms with van der Waals surface area (Å²) < 4.78 is 0. The Morgan fingerprint density at radius 2 is 1.90 bits per heavy atom. The van der Waals surface area contributed by atoms with E-state index in [0.717, 1.165) is 18.0 Å². The van der Waals surface area contributed by atoms with E-state index in [4.69, 9.17) is 0 Å². The van der Waals surface area contributed by atoms with Crippen LogP contribution in [0.15, 0.2) is 72.0 Å². The topological polar surface area (TPSA) is 24.4 Å². The average molecular weight is 268 g/mol. The standard InChI is InChI=1S/C14H16N2.C4H8/c1-11-8-9-15-14(11)12(2)16-10-13-6-4-3-5-7-13;1-3-4-2/h3-9,11,16H,2,10H2,1H3;3-4H,1-2H3/b;4-3-. The van der Waals surface area contributed by atoms with Gasteiger partial charge in [-0.3, -0.25) is 4.99 Å². The molecule has 1 aliphatic rings. The van der Waals surface area contributed by atoms with Crippen molar-refractivity contribution in [2.45, 2.75) is 27.3 Å². The van der Waals surface area contributed by atoms with E-state index < -0.39 is 0 Å². The van der Waals surface area contributed by atoms with Gasteiger partial charge in [-0.1, -0.05) is 62.1 Å². The molecule has 0 bridgehead atoms. The van der Waals surface area contributed by atoms with E-state index >= 15 is 0 Å². The number of hydrogen-bond acceptors (Lipinski definition) is 2. The highest BCUT2D eigenvalue weighted by atomic mass is 14.9. The lowest BCUT2D eigenvalue weighted by Gasteiger charge is -2.12. The van der Waals surface area contributed by atoms with Gasteiger partial charge in [-0.2, -0.15) is 0 Å². The van der Waals surface area contributed by atoms with Crippen molar-refractivity contribution in [3.05, 3.63) is 72.6 Å². The molecule has 106 valence electrons. The van der Waals surface area contributed by atoms with E-state index in [-0.39, 0.29) is 0 Å². The van der Waals surface area contributed by atoms with Gasteiger partial charge < -0.3 is 5.32 Å². The first-order valence-electron chi connectivity index (χ1n) is 6.97. The van der Waals surface area contributed by atoms with Crippen LogP contribution in [0.3, 0.4) is 0 Å². The van der Waals surface area contributed by atoms with Crippen molar-refractivity contribution in [3.63, 3.8) is 0 Å². The first kappa shape index (κ1) is 16.0. The summed E-state index contributed by atoms with van der Waals surface area (Å²) in [6.07, 6.45) is 7.92. The lowest BCUT2D eigenvalue weighted by molar-refractivity contribution is 0.833. The van der Waals surface area contributed by atoms with Gasteiger partial charge >= 0.3 is 0 Å². The van der Waals surface area contributed by atoms with Crippen LogP contribution in [0.2, 0.25) is 0 Å². The molecule has 0 radical (unpaired) electrons. The van der Waals surface area contributed by atoms with Crippen LogP contribution in [0.4, 0.5) is 0 Å². The Morgan fingerprint density at radius 1 is 1.25 bits per heavy atom. The van der Waals surface area contributed by atoms with Gasteiger partial charge in [-0.15, -0.1) is 0 Å². The maximum atomic E-state index is 4.30. The third-order valence-electron chi connectivity index (χ3n) is 3.01. The number of aliphatic imine (C=N–C) groups is 1. The Morgan fingerprint density at radius 3 is 2.40 bits per heavy atom. The van der Waals surface area contributed by atoms with Crippen molar-refractivity contribution in [3.8, 4) is 0 Å². The molecule has 0 fully saturated rings. The molecule has 1 aliphatic heterocycles. The molecule has 1 aromatic carbocycles. The van der Waals surface area contributed by atoms with Gasteiger partial charge in [0.25, 0.3) is 0 Å². The van der Waals surface area contributed by atoms with Crippen molar-refractivity contribution in [2.75, 3.05) is 0 Å². The molecule has 1 aromatic rings. The van der Waals surface area contributed by atoms with Gasteiger partial charge in [0.05, 0.1) is 5.71 Å². The molecular formula is C18H24N2. The molecule has 2 heteroatoms. The first-order valence-corrected chi connectivity index (χ1v) is 6.97. The van der Waals surface area contributed by atoms with Gasteiger partial charge in [-0.05, 0) is 19.4 Å². The second-order valence-corrected chi connectivity index (χ2v) is 4.63. The fourth-order valence-corrected chi connectivity index (χ4v) is 1.71. The predicted molar refractivity (Wildman–Crippen MR) is 88.6 cm³/mol. The Kier molecular flexibility index (Phi) is 7.12. The third kappa shape index (κ3) is 5.27. The monoisotopic (exact) mass is 268 g/mol. The predicted octanol–water partition coefficient (Wildman–Crippen LogP) is 4.48. The summed E-state index contributed by atoms with van der Waals surface area (Å²) in [6.45, 7) is 10.9. The van der Waals surface area contributed by atoms with Crippen molar-refractivity contribution >= 4 is 5.71 Å². The lowest BCUT2D eigenvalue weighted by atomic mass is 10.1. The van der Waals surface area contributed by atoms with Crippen LogP contribution in [0, 0.1) is 5.92 Å². The van der Waals surface area contributed by atoms with E-state index in [9.17, 15) is 0 Å². The summed E-state index contributed by atoms with van der Waals surface area (Å²) in [7, 11) is 0. The van der Waals surface area contributed by atoms with E-state index in [0.29, 0.717) is 5.92 Å². The van der Waals surface area contributed by atoms with Crippen molar-refractivity contribution in [1.82, 2.24) is 5.32 Å². The lowest BCUT2D eigenvalue weighted by Crippen LogP contribution is -2.21. The van der Waals surface area contributed by atoms with E-state index in [1.807, 2.05) is 50.4 Å². The summed E-state index contributed by atoms with van der Waals surface area (Å²) in [5.74, 6) is 0.371. The number of rotatable bonds is 4. The molecule has 0 amide bonds. The smallest absolute Gasteiger partial charge is 0.0694 e. The highest BCUT2D eigenvalue weighted by Crippen LogP contribution is 2.13. The van der Waals surface area contributed by atoms with Gasteiger partial charge in [0.2, 0.25) is 0 Å². The number of nitrogens with one attached hydrogen (secondary N) is 1. The SMILES string of the molecule is C/C=C\C.C=C(NCc1ccccc1)C1=NC=CC1C. The van der Waals surface area contributed by atoms with Gasteiger partial charge in [0, 0.05) is 24.4 Å². The number of nitrogens with zero attached hydrogens (tertiary/aromatic N) is 1. The van der Waals surface area contributed by atoms with Crippen LogP contribution in [0.5, 0.6) is 0 Å². The molecule has 2 rings (SSSR count). The van der Waals surface area contributed by atoms with Crippen molar-refractivity contribution in [2.24, 2.45) is 10.9 Å². The number of benzene rings is 1. The fourth-order valence-electron chi connectivity index (χ4n) is 1.71. The quantitative estimate of drug-likeness (QED) is 0.800. The minimum atomic E-state index is 0.371. The Balaban J connectivity index is 0.000000444. The minimum absolute atomic E-state index is 0.371. The summed E-state index contributed by atoms with van der Waals surface area (Å²) in [4.78, 5) is 4.30. The highest BCUT2D eigenvalue weighted by molar-refractivity contribution is 6.03. The molecule has 0 aliphatic carbocycles. The van der Waals surface area contributed by atoms with Crippen LogP contribution in [-0.2, 0) is 6.54 Å². The molecule has 0 saturated carbocycles. The molecular weight excluding hydrogens is 244 g/mol. The minimum Gasteiger partial charge on any atom is -0.380 e. The maximum Gasteiger partial charge on any atom is 0.0694 e. The van der Waals surface area contributed by atoms with E-state index in [1.54, 1.807) is 0 Å². The van der Waals surface area contributed by atoms with E-state index in [2.05, 4.69) is 42.0 Å². The Bertz CT molecular complexity index is 491. The molecule has 0 aromatic heterocycles. The van der Waals surface area contributed by atoms with Gasteiger partial charge in [0.15, 0.2) is 0 Å². The summed E-state index contributed by atoms with van der Waals surface area (Å²) in [5, 5.41) is 3.31. The van der Waals surface area contributed by atoms with Crippen LogP contribution < -0.4 is 5.32 Å². The summed E-state index contributed by atoms with van der Waals surface area (Å²) in [6, 6.07) is 10.3. The normalized spacial score (nSPS) is 16.6. The van der Waals surface area contributed by atoms with Crippen LogP contribution in [-0.4, -0.2) is 5.71 Å². The molecule has 0 saturated heterocycles. The fraction of sp³-hybridized carbons (Fsp3) is 0.278. The largest absolute Gasteiger partial charge is 0.380 e. The van der Waals surface area contributed by atoms with Crippen LogP contribution in [0.25, 0.3) is 0 Å². The number of hydrogen-bond donors (Lipinski definition) is 1. The average Bonchev–Trinajstić information content (AvgIpc) is 2.92. The Hall–Kier alpha value is -2.09. The molecule has 1 unspecified atom stereocenters. The van der Waals surface area contributed by atoms with Crippen molar-refractivity contribution in [1.29, 1.82) is 0 Å². The zero-order valence-electron chi connectivity index (χ0n) is 12.6. The Labute approximate surface area is 122 Å². The molecule has 20 heavy (non-hydrogen) atoms.